The third kappa shape index (κ3) is 2.42. The van der Waals surface area contributed by atoms with Crippen LogP contribution in [0.1, 0.15) is 19.8 Å². The molecule has 0 radical (unpaired) electrons. The fraction of sp³-hybridized carbons (Fsp3) is 1.00. The van der Waals surface area contributed by atoms with E-state index in [1.165, 1.54) is 0 Å². The van der Waals surface area contributed by atoms with Gasteiger partial charge in [-0.1, -0.05) is 13.3 Å². The molecule has 2 atom stereocenters. The minimum absolute atomic E-state index is 0.528. The number of nitrogens with one attached hydrogen (secondary N) is 1. The molecular weight excluding hydrogens is 156 g/mol. The summed E-state index contributed by atoms with van der Waals surface area (Å²) >= 11 is 0. The van der Waals surface area contributed by atoms with E-state index in [9.17, 15) is 10.2 Å². The molecule has 1 rings (SSSR count). The average Bonchev–Trinajstić information content (AvgIpc) is 2.04. The molecule has 0 aromatic carbocycles. The quantitative estimate of drug-likeness (QED) is 0.531. The molecule has 1 aliphatic rings. The highest BCUT2D eigenvalue weighted by Crippen LogP contribution is 2.07. The van der Waals surface area contributed by atoms with E-state index in [2.05, 4.69) is 12.2 Å². The lowest BCUT2D eigenvalue weighted by atomic mass is 10.2. The van der Waals surface area contributed by atoms with E-state index in [1.54, 1.807) is 4.90 Å². The molecule has 0 aromatic rings. The molecule has 0 spiro atoms. The predicted octanol–water partition coefficient (Wildman–Crippen LogP) is -0.672. The Morgan fingerprint density at radius 2 is 1.92 bits per heavy atom. The molecule has 12 heavy (non-hydrogen) atoms. The van der Waals surface area contributed by atoms with E-state index >= 15 is 0 Å². The highest BCUT2D eigenvalue weighted by atomic mass is 16.3. The van der Waals surface area contributed by atoms with Gasteiger partial charge in [0.1, 0.15) is 12.5 Å². The Morgan fingerprint density at radius 1 is 1.33 bits per heavy atom. The summed E-state index contributed by atoms with van der Waals surface area (Å²) in [6.07, 6.45) is 1.05. The van der Waals surface area contributed by atoms with Gasteiger partial charge in [0, 0.05) is 19.6 Å². The number of hydrogen-bond donors (Lipinski definition) is 3. The predicted molar refractivity (Wildman–Crippen MR) is 46.5 cm³/mol. The first-order chi connectivity index (χ1) is 5.75. The van der Waals surface area contributed by atoms with Crippen molar-refractivity contribution in [1.29, 1.82) is 0 Å². The Hall–Kier alpha value is -0.160. The molecule has 2 unspecified atom stereocenters. The molecule has 0 amide bonds. The van der Waals surface area contributed by atoms with Gasteiger partial charge >= 0.3 is 0 Å². The normalized spacial score (nSPS) is 32.2. The number of β-amino-alcohol motifs (C(OH)–C–C–N with tert-alkyl or cyclic N) is 2. The van der Waals surface area contributed by atoms with Crippen LogP contribution in [-0.4, -0.2) is 47.2 Å². The summed E-state index contributed by atoms with van der Waals surface area (Å²) in [4.78, 5) is 1.74. The molecule has 72 valence electrons. The lowest BCUT2D eigenvalue weighted by Crippen LogP contribution is -2.57. The number of nitrogens with zero attached hydrogens (tertiary/aromatic N) is 1. The summed E-state index contributed by atoms with van der Waals surface area (Å²) in [6, 6.07) is 0. The smallest absolute Gasteiger partial charge is 0.122 e. The number of piperazine rings is 1. The molecule has 1 heterocycles. The first kappa shape index (κ1) is 9.92. The molecule has 4 nitrogen and oxygen atoms in total. The van der Waals surface area contributed by atoms with Gasteiger partial charge in [-0.2, -0.15) is 0 Å². The van der Waals surface area contributed by atoms with Gasteiger partial charge in [-0.15, -0.1) is 0 Å². The summed E-state index contributed by atoms with van der Waals surface area (Å²) in [5.41, 5.74) is 0. The lowest BCUT2D eigenvalue weighted by Gasteiger charge is -2.36. The van der Waals surface area contributed by atoms with Crippen LogP contribution in [-0.2, 0) is 0 Å². The molecular formula is C8H18N2O2. The van der Waals surface area contributed by atoms with Crippen molar-refractivity contribution in [3.63, 3.8) is 0 Å². The van der Waals surface area contributed by atoms with Crippen molar-refractivity contribution in [2.24, 2.45) is 0 Å². The van der Waals surface area contributed by atoms with Crippen molar-refractivity contribution in [3.05, 3.63) is 0 Å². The summed E-state index contributed by atoms with van der Waals surface area (Å²) in [5, 5.41) is 21.9. The Bertz CT molecular complexity index is 122. The Labute approximate surface area is 73.2 Å². The van der Waals surface area contributed by atoms with Gasteiger partial charge in [0.2, 0.25) is 0 Å². The van der Waals surface area contributed by atoms with Crippen molar-refractivity contribution in [2.45, 2.75) is 32.2 Å². The van der Waals surface area contributed by atoms with Gasteiger partial charge in [-0.25, -0.2) is 0 Å². The van der Waals surface area contributed by atoms with Crippen LogP contribution in [0.4, 0.5) is 0 Å². The fourth-order valence-electron chi connectivity index (χ4n) is 1.41. The van der Waals surface area contributed by atoms with Gasteiger partial charge in [0.25, 0.3) is 0 Å². The maximum atomic E-state index is 9.47. The molecule has 0 bridgehead atoms. The van der Waals surface area contributed by atoms with Gasteiger partial charge < -0.3 is 15.5 Å². The average molecular weight is 174 g/mol. The zero-order chi connectivity index (χ0) is 8.97. The Balaban J connectivity index is 2.34. The molecule has 1 fully saturated rings. The van der Waals surface area contributed by atoms with Crippen molar-refractivity contribution in [1.82, 2.24) is 10.2 Å². The second-order valence-electron chi connectivity index (χ2n) is 3.21. The van der Waals surface area contributed by atoms with E-state index in [4.69, 9.17) is 0 Å². The monoisotopic (exact) mass is 174 g/mol. The summed E-state index contributed by atoms with van der Waals surface area (Å²) in [7, 11) is 0. The van der Waals surface area contributed by atoms with Crippen LogP contribution < -0.4 is 5.32 Å². The van der Waals surface area contributed by atoms with E-state index in [0.29, 0.717) is 13.1 Å². The molecule has 4 heteroatoms. The molecule has 1 saturated heterocycles. The van der Waals surface area contributed by atoms with E-state index in [1.807, 2.05) is 0 Å². The van der Waals surface area contributed by atoms with Crippen LogP contribution >= 0.6 is 0 Å². The van der Waals surface area contributed by atoms with Gasteiger partial charge in [-0.3, -0.25) is 4.90 Å². The van der Waals surface area contributed by atoms with Gasteiger partial charge in [0.05, 0.1) is 0 Å². The van der Waals surface area contributed by atoms with Crippen LogP contribution in [0, 0.1) is 0 Å². The first-order valence-corrected chi connectivity index (χ1v) is 4.58. The van der Waals surface area contributed by atoms with Crippen LogP contribution in [0.5, 0.6) is 0 Å². The zero-order valence-electron chi connectivity index (χ0n) is 7.53. The Kier molecular flexibility index (Phi) is 3.94. The molecule has 0 saturated carbocycles. The highest BCUT2D eigenvalue weighted by molar-refractivity contribution is 4.74. The molecule has 1 aliphatic heterocycles. The van der Waals surface area contributed by atoms with E-state index < -0.39 is 12.5 Å². The van der Waals surface area contributed by atoms with Crippen molar-refractivity contribution in [2.75, 3.05) is 19.6 Å². The van der Waals surface area contributed by atoms with Crippen LogP contribution in [0.25, 0.3) is 0 Å². The van der Waals surface area contributed by atoms with E-state index in [0.717, 1.165) is 19.4 Å². The van der Waals surface area contributed by atoms with Crippen molar-refractivity contribution in [3.8, 4) is 0 Å². The van der Waals surface area contributed by atoms with Gasteiger partial charge in [-0.05, 0) is 6.42 Å². The van der Waals surface area contributed by atoms with Crippen LogP contribution in [0.2, 0.25) is 0 Å². The first-order valence-electron chi connectivity index (χ1n) is 4.58. The minimum atomic E-state index is -0.528. The fourth-order valence-corrected chi connectivity index (χ4v) is 1.41. The van der Waals surface area contributed by atoms with Crippen molar-refractivity contribution >= 4 is 0 Å². The Morgan fingerprint density at radius 3 is 2.42 bits per heavy atom. The number of aliphatic hydroxyl groups excluding tert-OH is 2. The molecule has 0 aliphatic carbocycles. The summed E-state index contributed by atoms with van der Waals surface area (Å²) < 4.78 is 0. The van der Waals surface area contributed by atoms with Crippen LogP contribution in [0.15, 0.2) is 0 Å². The third-order valence-corrected chi connectivity index (χ3v) is 2.19. The number of rotatable bonds is 3. The maximum Gasteiger partial charge on any atom is 0.122 e. The standard InChI is InChI=1S/C8H18N2O2/c1-2-3-4-10-7(11)5-9-6-8(10)12/h7-9,11-12H,2-6H2,1H3. The number of aliphatic hydroxyl groups is 2. The SMILES string of the molecule is CCCCN1C(O)CNCC1O. The topological polar surface area (TPSA) is 55.7 Å². The zero-order valence-corrected chi connectivity index (χ0v) is 7.53. The number of hydrogen-bond acceptors (Lipinski definition) is 4. The summed E-state index contributed by atoms with van der Waals surface area (Å²) in [5.74, 6) is 0. The maximum absolute atomic E-state index is 9.47. The van der Waals surface area contributed by atoms with E-state index in [-0.39, 0.29) is 0 Å². The molecule has 3 N–H and O–H groups in total. The molecule has 0 aromatic heterocycles. The van der Waals surface area contributed by atoms with Gasteiger partial charge in [0.15, 0.2) is 0 Å². The second kappa shape index (κ2) is 4.77. The second-order valence-corrected chi connectivity index (χ2v) is 3.21. The number of unbranched alkanes of at least 4 members (excludes halogenated alkanes) is 1. The third-order valence-electron chi connectivity index (χ3n) is 2.19. The largest absolute Gasteiger partial charge is 0.377 e. The minimum Gasteiger partial charge on any atom is -0.377 e. The highest BCUT2D eigenvalue weighted by Gasteiger charge is 2.26. The lowest BCUT2D eigenvalue weighted by molar-refractivity contribution is -0.120. The van der Waals surface area contributed by atoms with Crippen molar-refractivity contribution < 1.29 is 10.2 Å². The van der Waals surface area contributed by atoms with Crippen LogP contribution in [0.3, 0.4) is 0 Å². The summed E-state index contributed by atoms with van der Waals surface area (Å²) in [6.45, 7) is 3.99.